The van der Waals surface area contributed by atoms with Crippen LogP contribution in [0.15, 0.2) is 48.8 Å². The Balaban J connectivity index is 1.79. The second-order valence-electron chi connectivity index (χ2n) is 5.12. The highest BCUT2D eigenvalue weighted by Gasteiger charge is 2.08. The number of rotatable bonds is 6. The lowest BCUT2D eigenvalue weighted by Crippen LogP contribution is -1.99. The molecule has 1 aromatic heterocycles. The molecule has 0 aliphatic carbocycles. The fraction of sp³-hybridized carbons (Fsp3) is 0.167. The van der Waals surface area contributed by atoms with E-state index in [1.165, 1.54) is 12.4 Å². The minimum absolute atomic E-state index is 0.277. The first kappa shape index (κ1) is 15.7. The lowest BCUT2D eigenvalue weighted by atomic mass is 10.2. The molecule has 0 radical (unpaired) electrons. The van der Waals surface area contributed by atoms with Gasteiger partial charge in [-0.3, -0.25) is 0 Å². The van der Waals surface area contributed by atoms with Crippen molar-refractivity contribution in [3.63, 3.8) is 0 Å². The number of unbranched alkanes of at least 4 members (excludes halogenated alkanes) is 1. The molecule has 0 fully saturated rings. The smallest absolute Gasteiger partial charge is 0.149 e. The van der Waals surface area contributed by atoms with Gasteiger partial charge in [-0.15, -0.1) is 0 Å². The van der Waals surface area contributed by atoms with Gasteiger partial charge < -0.3 is 10.1 Å². The average Bonchev–Trinajstić information content (AvgIpc) is 2.60. The highest BCUT2D eigenvalue weighted by molar-refractivity contribution is 5.90. The Kier molecular flexibility index (Phi) is 4.82. The number of ether oxygens (including phenoxy) is 1. The van der Waals surface area contributed by atoms with Crippen LogP contribution < -0.4 is 10.1 Å². The number of anilines is 2. The molecule has 0 spiro atoms. The number of nitrogens with one attached hydrogen (secondary N) is 1. The number of nitriles is 1. The number of hydrogen-bond donors (Lipinski definition) is 1. The molecule has 0 bridgehead atoms. The summed E-state index contributed by atoms with van der Waals surface area (Å²) < 4.78 is 19.4. The topological polar surface area (TPSA) is 70.8 Å². The fourth-order valence-corrected chi connectivity index (χ4v) is 2.29. The molecule has 120 valence electrons. The molecule has 1 heterocycles. The molecule has 3 aromatic rings. The van der Waals surface area contributed by atoms with E-state index < -0.39 is 0 Å². The molecule has 0 aliphatic heterocycles. The summed E-state index contributed by atoms with van der Waals surface area (Å²) in [6, 6.07) is 14.2. The van der Waals surface area contributed by atoms with Crippen LogP contribution in [0.4, 0.5) is 15.9 Å². The average molecular weight is 322 g/mol. The fourth-order valence-electron chi connectivity index (χ4n) is 2.29. The third kappa shape index (κ3) is 3.58. The Hall–Kier alpha value is -3.20. The summed E-state index contributed by atoms with van der Waals surface area (Å²) in [5.74, 6) is 0.844. The summed E-state index contributed by atoms with van der Waals surface area (Å²) in [5.41, 5.74) is 1.05. The molecule has 0 saturated heterocycles. The van der Waals surface area contributed by atoms with Gasteiger partial charge in [-0.1, -0.05) is 12.1 Å². The van der Waals surface area contributed by atoms with E-state index in [0.717, 1.165) is 5.69 Å². The molecule has 24 heavy (non-hydrogen) atoms. The number of halogens is 1. The van der Waals surface area contributed by atoms with Gasteiger partial charge in [0.15, 0.2) is 0 Å². The van der Waals surface area contributed by atoms with E-state index in [1.54, 1.807) is 12.1 Å². The van der Waals surface area contributed by atoms with Crippen LogP contribution in [0.3, 0.4) is 0 Å². The van der Waals surface area contributed by atoms with Crippen molar-refractivity contribution in [3.05, 3.63) is 54.6 Å². The number of fused-ring (bicyclic) bond motifs is 1. The van der Waals surface area contributed by atoms with Gasteiger partial charge in [0.2, 0.25) is 0 Å². The summed E-state index contributed by atoms with van der Waals surface area (Å²) in [7, 11) is 0. The van der Waals surface area contributed by atoms with E-state index in [0.29, 0.717) is 36.4 Å². The van der Waals surface area contributed by atoms with E-state index in [4.69, 9.17) is 10.00 Å². The molecule has 0 unspecified atom stereocenters. The lowest BCUT2D eigenvalue weighted by molar-refractivity contribution is 0.313. The quantitative estimate of drug-likeness (QED) is 0.689. The predicted molar refractivity (Wildman–Crippen MR) is 89.6 cm³/mol. The molecule has 3 rings (SSSR count). The second kappa shape index (κ2) is 7.38. The molecule has 0 amide bonds. The summed E-state index contributed by atoms with van der Waals surface area (Å²) in [6.07, 6.45) is 2.48. The minimum atomic E-state index is -0.382. The van der Waals surface area contributed by atoms with Crippen LogP contribution in [0.1, 0.15) is 12.8 Å². The van der Waals surface area contributed by atoms with Crippen LogP contribution in [0.25, 0.3) is 10.9 Å². The van der Waals surface area contributed by atoms with E-state index in [9.17, 15) is 4.39 Å². The van der Waals surface area contributed by atoms with Crippen LogP contribution in [-0.4, -0.2) is 16.6 Å². The summed E-state index contributed by atoms with van der Waals surface area (Å²) >= 11 is 0. The Morgan fingerprint density at radius 1 is 1.17 bits per heavy atom. The number of hydrogen-bond acceptors (Lipinski definition) is 5. The molecule has 0 atom stereocenters. The third-order valence-electron chi connectivity index (χ3n) is 3.41. The van der Waals surface area contributed by atoms with Crippen molar-refractivity contribution >= 4 is 22.4 Å². The van der Waals surface area contributed by atoms with Crippen molar-refractivity contribution in [2.75, 3.05) is 11.9 Å². The predicted octanol–water partition coefficient (Wildman–Crippen LogP) is 4.20. The van der Waals surface area contributed by atoms with Crippen LogP contribution in [-0.2, 0) is 0 Å². The van der Waals surface area contributed by atoms with Crippen LogP contribution in [0.2, 0.25) is 0 Å². The van der Waals surface area contributed by atoms with Crippen molar-refractivity contribution < 1.29 is 9.13 Å². The number of para-hydroxylation sites is 1. The third-order valence-corrected chi connectivity index (χ3v) is 3.41. The number of benzene rings is 2. The second-order valence-corrected chi connectivity index (χ2v) is 5.12. The molecular weight excluding hydrogens is 307 g/mol. The Morgan fingerprint density at radius 2 is 2.04 bits per heavy atom. The molecule has 6 heteroatoms. The maximum atomic E-state index is 13.8. The van der Waals surface area contributed by atoms with Crippen molar-refractivity contribution in [1.29, 1.82) is 5.26 Å². The first-order valence-electron chi connectivity index (χ1n) is 7.54. The monoisotopic (exact) mass is 322 g/mol. The maximum absolute atomic E-state index is 13.8. The van der Waals surface area contributed by atoms with Crippen molar-refractivity contribution in [3.8, 4) is 11.8 Å². The normalized spacial score (nSPS) is 10.3. The Labute approximate surface area is 138 Å². The molecule has 0 saturated carbocycles. The van der Waals surface area contributed by atoms with Crippen molar-refractivity contribution in [2.45, 2.75) is 12.8 Å². The van der Waals surface area contributed by atoms with E-state index in [1.807, 2.05) is 24.3 Å². The first-order valence-corrected chi connectivity index (χ1v) is 7.54. The van der Waals surface area contributed by atoms with Gasteiger partial charge in [0.25, 0.3) is 0 Å². The summed E-state index contributed by atoms with van der Waals surface area (Å²) in [5, 5.41) is 12.3. The highest BCUT2D eigenvalue weighted by atomic mass is 19.1. The summed E-state index contributed by atoms with van der Waals surface area (Å²) in [6.45, 7) is 0.485. The molecular formula is C18H15FN4O. The van der Waals surface area contributed by atoms with Gasteiger partial charge in [-0.2, -0.15) is 5.26 Å². The van der Waals surface area contributed by atoms with Crippen LogP contribution >= 0.6 is 0 Å². The molecule has 5 nitrogen and oxygen atoms in total. The Bertz CT molecular complexity index is 892. The largest absolute Gasteiger partial charge is 0.493 e. The van der Waals surface area contributed by atoms with Gasteiger partial charge in [-0.05, 0) is 30.7 Å². The van der Waals surface area contributed by atoms with E-state index >= 15 is 0 Å². The zero-order chi connectivity index (χ0) is 16.8. The van der Waals surface area contributed by atoms with Crippen LogP contribution in [0.5, 0.6) is 5.75 Å². The van der Waals surface area contributed by atoms with Gasteiger partial charge in [0.05, 0.1) is 12.7 Å². The van der Waals surface area contributed by atoms with E-state index in [2.05, 4.69) is 21.4 Å². The molecule has 2 aromatic carbocycles. The van der Waals surface area contributed by atoms with Gasteiger partial charge >= 0.3 is 0 Å². The highest BCUT2D eigenvalue weighted by Crippen LogP contribution is 2.26. The minimum Gasteiger partial charge on any atom is -0.493 e. The van der Waals surface area contributed by atoms with E-state index in [-0.39, 0.29) is 11.3 Å². The van der Waals surface area contributed by atoms with Gasteiger partial charge in [0.1, 0.15) is 29.2 Å². The standard InChI is InChI=1S/C18H15FN4O/c19-16-8-4-7-15-17(16)21-12-22-18(15)23-13-5-3-6-14(11-13)24-10-2-1-9-20/h3-8,11-12H,1-2,10H2,(H,21,22,23). The lowest BCUT2D eigenvalue weighted by Gasteiger charge is -2.10. The molecule has 0 aliphatic rings. The van der Waals surface area contributed by atoms with Gasteiger partial charge in [-0.25, -0.2) is 14.4 Å². The first-order chi connectivity index (χ1) is 11.8. The van der Waals surface area contributed by atoms with Crippen molar-refractivity contribution in [1.82, 2.24) is 9.97 Å². The van der Waals surface area contributed by atoms with Crippen molar-refractivity contribution in [2.24, 2.45) is 0 Å². The zero-order valence-corrected chi connectivity index (χ0v) is 12.9. The zero-order valence-electron chi connectivity index (χ0n) is 12.9. The molecule has 1 N–H and O–H groups in total. The SMILES string of the molecule is N#CCCCOc1cccc(Nc2ncnc3c(F)cccc23)c1. The van der Waals surface area contributed by atoms with Crippen LogP contribution in [0, 0.1) is 17.1 Å². The maximum Gasteiger partial charge on any atom is 0.149 e. The number of aromatic nitrogens is 2. The number of nitrogens with zero attached hydrogens (tertiary/aromatic N) is 3. The summed E-state index contributed by atoms with van der Waals surface area (Å²) in [4.78, 5) is 8.18. The van der Waals surface area contributed by atoms with Gasteiger partial charge in [0, 0.05) is 23.6 Å². The Morgan fingerprint density at radius 3 is 2.92 bits per heavy atom.